The summed E-state index contributed by atoms with van der Waals surface area (Å²) < 4.78 is 44.1. The van der Waals surface area contributed by atoms with Crippen LogP contribution in [0.25, 0.3) is 26.8 Å². The minimum absolute atomic E-state index is 0.267. The Labute approximate surface area is 144 Å². The molecule has 0 aliphatic rings. The minimum atomic E-state index is -6.00. The fourth-order valence-corrected chi connectivity index (χ4v) is 2.23. The summed E-state index contributed by atoms with van der Waals surface area (Å²) in [5, 5.41) is 10.6. The normalized spacial score (nSPS) is 10.9. The van der Waals surface area contributed by atoms with E-state index in [0.29, 0.717) is 12.3 Å². The molecule has 2 heterocycles. The number of benzene rings is 1. The fraction of sp³-hybridized carbons (Fsp3) is 0.200. The van der Waals surface area contributed by atoms with Crippen molar-refractivity contribution in [2.75, 3.05) is 6.61 Å². The number of H-pyrrole nitrogens is 1. The number of carbonyl (C=O) groups is 1. The van der Waals surface area contributed by atoms with Crippen LogP contribution in [0.5, 0.6) is 0 Å². The SMILES string of the molecule is CCCOC(=O)c1cc2c(cn1)[nH]c1ccc([N+]#N)cc12.F[B-](F)(F)F. The van der Waals surface area contributed by atoms with Gasteiger partial charge in [-0.25, -0.2) is 9.78 Å². The van der Waals surface area contributed by atoms with E-state index in [4.69, 9.17) is 10.1 Å². The summed E-state index contributed by atoms with van der Waals surface area (Å²) in [6.07, 6.45) is 2.37. The maximum absolute atomic E-state index is 11.9. The lowest BCUT2D eigenvalue weighted by molar-refractivity contribution is 0.0498. The summed E-state index contributed by atoms with van der Waals surface area (Å²) in [5.41, 5.74) is 2.42. The quantitative estimate of drug-likeness (QED) is 0.303. The van der Waals surface area contributed by atoms with Crippen LogP contribution >= 0.6 is 0 Å². The van der Waals surface area contributed by atoms with Gasteiger partial charge in [-0.3, -0.25) is 0 Å². The van der Waals surface area contributed by atoms with Crippen molar-refractivity contribution in [2.45, 2.75) is 13.3 Å². The van der Waals surface area contributed by atoms with E-state index in [0.717, 1.165) is 28.2 Å². The van der Waals surface area contributed by atoms with Gasteiger partial charge in [-0.05, 0) is 18.6 Å². The Morgan fingerprint density at radius 1 is 1.23 bits per heavy atom. The summed E-state index contributed by atoms with van der Waals surface area (Å²) >= 11 is 0. The maximum atomic E-state index is 11.9. The van der Waals surface area contributed by atoms with Crippen LogP contribution in [0.4, 0.5) is 23.0 Å². The van der Waals surface area contributed by atoms with Gasteiger partial charge in [0.25, 0.3) is 0 Å². The average molecular weight is 368 g/mol. The minimum Gasteiger partial charge on any atom is -0.461 e. The van der Waals surface area contributed by atoms with E-state index >= 15 is 0 Å². The standard InChI is InChI=1S/C15H12N4O2.BF4/c1-2-5-21-15(20)13-7-11-10-6-9(19-16)3-4-12(10)18-14(11)8-17-13;2-1(3,4)5/h3-4,6-8H,2,5H2,1H3;/q;-1/p+1. The third-order valence-corrected chi connectivity index (χ3v) is 3.23. The Balaban J connectivity index is 0.000000431. The van der Waals surface area contributed by atoms with E-state index in [1.165, 1.54) is 0 Å². The lowest BCUT2D eigenvalue weighted by Gasteiger charge is -2.02. The summed E-state index contributed by atoms with van der Waals surface area (Å²) in [6, 6.07) is 6.95. The van der Waals surface area contributed by atoms with E-state index in [2.05, 4.69) is 14.9 Å². The third-order valence-electron chi connectivity index (χ3n) is 3.23. The van der Waals surface area contributed by atoms with Crippen LogP contribution in [0.2, 0.25) is 0 Å². The smallest absolute Gasteiger partial charge is 0.461 e. The molecule has 0 atom stereocenters. The highest BCUT2D eigenvalue weighted by Crippen LogP contribution is 2.29. The third kappa shape index (κ3) is 4.92. The van der Waals surface area contributed by atoms with Crippen molar-refractivity contribution in [3.63, 3.8) is 0 Å². The second kappa shape index (κ2) is 7.82. The predicted molar refractivity (Wildman–Crippen MR) is 89.1 cm³/mol. The number of hydrogen-bond donors (Lipinski definition) is 1. The van der Waals surface area contributed by atoms with Crippen molar-refractivity contribution in [2.24, 2.45) is 0 Å². The molecule has 0 amide bonds. The molecule has 0 aliphatic heterocycles. The van der Waals surface area contributed by atoms with Crippen LogP contribution in [-0.4, -0.2) is 29.8 Å². The molecular formula is C15H13BF4N4O2. The molecule has 1 aromatic carbocycles. The van der Waals surface area contributed by atoms with Gasteiger partial charge in [0.05, 0.1) is 18.3 Å². The molecule has 0 unspecified atom stereocenters. The number of pyridine rings is 1. The summed E-state index contributed by atoms with van der Waals surface area (Å²) in [6.45, 7) is 2.31. The first-order chi connectivity index (χ1) is 12.2. The molecule has 0 saturated carbocycles. The second-order valence-corrected chi connectivity index (χ2v) is 5.20. The van der Waals surface area contributed by atoms with Crippen molar-refractivity contribution < 1.29 is 26.8 Å². The van der Waals surface area contributed by atoms with Gasteiger partial charge in [-0.15, -0.1) is 0 Å². The van der Waals surface area contributed by atoms with Crippen LogP contribution in [0.1, 0.15) is 23.8 Å². The lowest BCUT2D eigenvalue weighted by Crippen LogP contribution is -2.07. The molecule has 11 heteroatoms. The van der Waals surface area contributed by atoms with Gasteiger partial charge in [0.15, 0.2) is 4.98 Å². The highest BCUT2D eigenvalue weighted by Gasteiger charge is 2.20. The molecule has 0 radical (unpaired) electrons. The zero-order valence-electron chi connectivity index (χ0n) is 13.5. The molecule has 0 spiro atoms. The van der Waals surface area contributed by atoms with Crippen LogP contribution in [0, 0.1) is 5.39 Å². The molecule has 3 aromatic rings. The molecule has 2 aromatic heterocycles. The fourth-order valence-electron chi connectivity index (χ4n) is 2.23. The maximum Gasteiger partial charge on any atom is 0.673 e. The molecule has 0 bridgehead atoms. The number of hydrogen-bond acceptors (Lipinski definition) is 4. The lowest BCUT2D eigenvalue weighted by atomic mass is 10.1. The Morgan fingerprint density at radius 2 is 1.88 bits per heavy atom. The largest absolute Gasteiger partial charge is 0.673 e. The van der Waals surface area contributed by atoms with E-state index in [1.54, 1.807) is 24.4 Å². The second-order valence-electron chi connectivity index (χ2n) is 5.20. The van der Waals surface area contributed by atoms with Gasteiger partial charge in [0.1, 0.15) is 5.69 Å². The highest BCUT2D eigenvalue weighted by molar-refractivity contribution is 6.50. The van der Waals surface area contributed by atoms with Crippen LogP contribution in [0.3, 0.4) is 0 Å². The highest BCUT2D eigenvalue weighted by atomic mass is 19.5. The summed E-state index contributed by atoms with van der Waals surface area (Å²) in [4.78, 5) is 22.4. The van der Waals surface area contributed by atoms with Gasteiger partial charge >= 0.3 is 18.9 Å². The van der Waals surface area contributed by atoms with Crippen molar-refractivity contribution in [1.82, 2.24) is 9.97 Å². The number of carbonyl (C=O) groups excluding carboxylic acids is 1. The Morgan fingerprint density at radius 3 is 2.50 bits per heavy atom. The van der Waals surface area contributed by atoms with E-state index in [1.807, 2.05) is 13.0 Å². The van der Waals surface area contributed by atoms with Crippen molar-refractivity contribution in [1.29, 1.82) is 5.39 Å². The molecule has 0 saturated heterocycles. The monoisotopic (exact) mass is 368 g/mol. The van der Waals surface area contributed by atoms with E-state index < -0.39 is 13.2 Å². The number of nitrogens with one attached hydrogen (secondary N) is 1. The number of fused-ring (bicyclic) bond motifs is 3. The number of aromatic nitrogens is 2. The predicted octanol–water partition coefficient (Wildman–Crippen LogP) is 5.07. The Hall–Kier alpha value is -3.16. The Kier molecular flexibility index (Phi) is 5.76. The van der Waals surface area contributed by atoms with Gasteiger partial charge in [0.2, 0.25) is 5.39 Å². The molecule has 136 valence electrons. The van der Waals surface area contributed by atoms with E-state index in [9.17, 15) is 22.1 Å². The zero-order valence-corrected chi connectivity index (χ0v) is 13.5. The van der Waals surface area contributed by atoms with Gasteiger partial charge < -0.3 is 27.0 Å². The summed E-state index contributed by atoms with van der Waals surface area (Å²) in [7, 11) is -6.00. The topological polar surface area (TPSA) is 83.1 Å². The molecule has 0 aliphatic carbocycles. The number of ether oxygens (including phenoxy) is 1. The molecule has 26 heavy (non-hydrogen) atoms. The summed E-state index contributed by atoms with van der Waals surface area (Å²) in [5.74, 6) is -0.434. The number of diazo groups is 1. The van der Waals surface area contributed by atoms with Crippen LogP contribution in [-0.2, 0) is 4.74 Å². The van der Waals surface area contributed by atoms with Crippen LogP contribution in [0.15, 0.2) is 30.5 Å². The first kappa shape index (κ1) is 19.2. The number of halogens is 4. The number of nitrogens with zero attached hydrogens (tertiary/aromatic N) is 3. The average Bonchev–Trinajstić information content (AvgIpc) is 2.95. The van der Waals surface area contributed by atoms with Gasteiger partial charge in [-0.2, -0.15) is 0 Å². The molecule has 0 fully saturated rings. The van der Waals surface area contributed by atoms with Crippen LogP contribution < -0.4 is 0 Å². The first-order valence-electron chi connectivity index (χ1n) is 7.54. The molecular weight excluding hydrogens is 355 g/mol. The number of aromatic amines is 1. The molecule has 3 rings (SSSR count). The van der Waals surface area contributed by atoms with Gasteiger partial charge in [0, 0.05) is 28.4 Å². The van der Waals surface area contributed by atoms with Crippen molar-refractivity contribution in [3.8, 4) is 0 Å². The molecule has 6 nitrogen and oxygen atoms in total. The molecule has 1 N–H and O–H groups in total. The first-order valence-corrected chi connectivity index (χ1v) is 7.54. The zero-order chi connectivity index (χ0) is 19.3. The van der Waals surface area contributed by atoms with Gasteiger partial charge in [-0.1, -0.05) is 6.92 Å². The van der Waals surface area contributed by atoms with Crippen molar-refractivity contribution >= 4 is 40.7 Å². The van der Waals surface area contributed by atoms with E-state index in [-0.39, 0.29) is 5.69 Å². The Bertz CT molecular complexity index is 975. The number of esters is 1. The number of rotatable bonds is 3. The van der Waals surface area contributed by atoms with Crippen molar-refractivity contribution in [3.05, 3.63) is 41.1 Å².